The van der Waals surface area contributed by atoms with Crippen molar-refractivity contribution < 1.29 is 4.39 Å². The molecule has 1 aliphatic heterocycles. The van der Waals surface area contributed by atoms with Crippen molar-refractivity contribution in [2.24, 2.45) is 11.7 Å². The number of nitrogens with two attached hydrogens (primary N) is 1. The maximum absolute atomic E-state index is 13.5. The van der Waals surface area contributed by atoms with E-state index in [9.17, 15) is 4.39 Å². The van der Waals surface area contributed by atoms with Gasteiger partial charge in [0, 0.05) is 24.7 Å². The summed E-state index contributed by atoms with van der Waals surface area (Å²) in [6, 6.07) is 7.30. The molecule has 2 unspecified atom stereocenters. The molecule has 0 bridgehead atoms. The third-order valence-electron chi connectivity index (χ3n) is 3.41. The van der Waals surface area contributed by atoms with Crippen LogP contribution in [0.25, 0.3) is 0 Å². The molecule has 0 aromatic heterocycles. The number of benzene rings is 1. The van der Waals surface area contributed by atoms with Crippen molar-refractivity contribution in [2.45, 2.75) is 25.9 Å². The number of hydrogen-bond acceptors (Lipinski definition) is 2. The molecular formula is C13H20ClFN2. The molecule has 0 aliphatic carbocycles. The van der Waals surface area contributed by atoms with E-state index >= 15 is 0 Å². The maximum atomic E-state index is 13.5. The Morgan fingerprint density at radius 3 is 2.76 bits per heavy atom. The van der Waals surface area contributed by atoms with E-state index in [1.807, 2.05) is 12.1 Å². The number of hydrogen-bond donors (Lipinski definition) is 1. The lowest BCUT2D eigenvalue weighted by Crippen LogP contribution is -2.45. The Balaban J connectivity index is 0.00000144. The van der Waals surface area contributed by atoms with Crippen LogP contribution in [-0.2, 0) is 6.54 Å². The molecule has 1 aromatic carbocycles. The average Bonchev–Trinajstić information content (AvgIpc) is 2.27. The van der Waals surface area contributed by atoms with Gasteiger partial charge in [-0.1, -0.05) is 25.1 Å². The van der Waals surface area contributed by atoms with Gasteiger partial charge in [0.1, 0.15) is 5.82 Å². The van der Waals surface area contributed by atoms with Crippen molar-refractivity contribution >= 4 is 12.4 Å². The minimum atomic E-state index is -0.106. The quantitative estimate of drug-likeness (QED) is 0.883. The standard InChI is InChI=1S/C13H19FN2.ClH/c1-10-8-16(7-6-13(10)15)9-11-4-2-3-5-12(11)14;/h2-5,10,13H,6-9,15H2,1H3;1H. The van der Waals surface area contributed by atoms with Crippen molar-refractivity contribution in [1.82, 2.24) is 4.90 Å². The molecule has 1 aromatic rings. The molecule has 4 heteroatoms. The van der Waals surface area contributed by atoms with Gasteiger partial charge in [-0.3, -0.25) is 4.90 Å². The summed E-state index contributed by atoms with van der Waals surface area (Å²) in [7, 11) is 0. The molecule has 0 amide bonds. The maximum Gasteiger partial charge on any atom is 0.127 e. The van der Waals surface area contributed by atoms with Gasteiger partial charge >= 0.3 is 0 Å². The van der Waals surface area contributed by atoms with Crippen LogP contribution in [0.1, 0.15) is 18.9 Å². The molecule has 2 N–H and O–H groups in total. The molecule has 2 nitrogen and oxygen atoms in total. The van der Waals surface area contributed by atoms with Gasteiger partial charge in [-0.25, -0.2) is 4.39 Å². The van der Waals surface area contributed by atoms with Gasteiger partial charge in [0.25, 0.3) is 0 Å². The van der Waals surface area contributed by atoms with Gasteiger partial charge in [-0.05, 0) is 24.9 Å². The second-order valence-electron chi connectivity index (χ2n) is 4.76. The SMILES string of the molecule is CC1CN(Cc2ccccc2F)CCC1N.Cl. The first-order valence-electron chi connectivity index (χ1n) is 5.88. The van der Waals surface area contributed by atoms with Crippen LogP contribution in [0, 0.1) is 11.7 Å². The normalized spacial score (nSPS) is 25.4. The van der Waals surface area contributed by atoms with Crippen LogP contribution in [0.3, 0.4) is 0 Å². The molecule has 17 heavy (non-hydrogen) atoms. The fourth-order valence-electron chi connectivity index (χ4n) is 2.26. The molecule has 1 heterocycles. The predicted molar refractivity (Wildman–Crippen MR) is 70.7 cm³/mol. The van der Waals surface area contributed by atoms with E-state index < -0.39 is 0 Å². The third-order valence-corrected chi connectivity index (χ3v) is 3.41. The number of piperidine rings is 1. The lowest BCUT2D eigenvalue weighted by molar-refractivity contribution is 0.156. The van der Waals surface area contributed by atoms with Crippen LogP contribution in [0.5, 0.6) is 0 Å². The van der Waals surface area contributed by atoms with Gasteiger partial charge < -0.3 is 5.73 Å². The van der Waals surface area contributed by atoms with Crippen LogP contribution >= 0.6 is 12.4 Å². The summed E-state index contributed by atoms with van der Waals surface area (Å²) in [5, 5.41) is 0. The highest BCUT2D eigenvalue weighted by atomic mass is 35.5. The molecular weight excluding hydrogens is 239 g/mol. The van der Waals surface area contributed by atoms with Crippen LogP contribution in [0.15, 0.2) is 24.3 Å². The topological polar surface area (TPSA) is 29.3 Å². The Labute approximate surface area is 108 Å². The fourth-order valence-corrected chi connectivity index (χ4v) is 2.26. The molecule has 2 atom stereocenters. The van der Waals surface area contributed by atoms with Gasteiger partial charge in [0.05, 0.1) is 0 Å². The summed E-state index contributed by atoms with van der Waals surface area (Å²) in [4.78, 5) is 2.28. The Bertz CT molecular complexity index is 359. The second-order valence-corrected chi connectivity index (χ2v) is 4.76. The summed E-state index contributed by atoms with van der Waals surface area (Å²) in [5.74, 6) is 0.394. The van der Waals surface area contributed by atoms with Crippen molar-refractivity contribution in [3.8, 4) is 0 Å². The molecule has 0 saturated carbocycles. The zero-order valence-electron chi connectivity index (χ0n) is 10.1. The van der Waals surface area contributed by atoms with Gasteiger partial charge in [0.2, 0.25) is 0 Å². The average molecular weight is 259 g/mol. The summed E-state index contributed by atoms with van der Waals surface area (Å²) >= 11 is 0. The van der Waals surface area contributed by atoms with E-state index in [0.717, 1.165) is 25.1 Å². The number of rotatable bonds is 2. The van der Waals surface area contributed by atoms with Crippen LogP contribution < -0.4 is 5.73 Å². The minimum absolute atomic E-state index is 0. The van der Waals surface area contributed by atoms with E-state index in [2.05, 4.69) is 11.8 Å². The van der Waals surface area contributed by atoms with Crippen LogP contribution in [0.4, 0.5) is 4.39 Å². The summed E-state index contributed by atoms with van der Waals surface area (Å²) in [5.41, 5.74) is 6.75. The Morgan fingerprint density at radius 1 is 1.41 bits per heavy atom. The monoisotopic (exact) mass is 258 g/mol. The van der Waals surface area contributed by atoms with Crippen molar-refractivity contribution in [2.75, 3.05) is 13.1 Å². The fraction of sp³-hybridized carbons (Fsp3) is 0.538. The Hall–Kier alpha value is -0.640. The zero-order valence-corrected chi connectivity index (χ0v) is 10.9. The highest BCUT2D eigenvalue weighted by molar-refractivity contribution is 5.85. The molecule has 1 saturated heterocycles. The lowest BCUT2D eigenvalue weighted by atomic mass is 9.94. The third kappa shape index (κ3) is 3.66. The summed E-state index contributed by atoms with van der Waals surface area (Å²) < 4.78 is 13.5. The highest BCUT2D eigenvalue weighted by Gasteiger charge is 2.23. The molecule has 2 rings (SSSR count). The molecule has 0 spiro atoms. The van der Waals surface area contributed by atoms with E-state index in [1.54, 1.807) is 6.07 Å². The largest absolute Gasteiger partial charge is 0.327 e. The second kappa shape index (κ2) is 6.34. The van der Waals surface area contributed by atoms with Crippen molar-refractivity contribution in [1.29, 1.82) is 0 Å². The Morgan fingerprint density at radius 2 is 2.12 bits per heavy atom. The number of likely N-dealkylation sites (tertiary alicyclic amines) is 1. The van der Waals surface area contributed by atoms with Gasteiger partial charge in [-0.15, -0.1) is 12.4 Å². The first-order chi connectivity index (χ1) is 7.66. The van der Waals surface area contributed by atoms with Crippen molar-refractivity contribution in [3.05, 3.63) is 35.6 Å². The van der Waals surface area contributed by atoms with Gasteiger partial charge in [0.15, 0.2) is 0 Å². The van der Waals surface area contributed by atoms with Gasteiger partial charge in [-0.2, -0.15) is 0 Å². The van der Waals surface area contributed by atoms with E-state index in [4.69, 9.17) is 5.73 Å². The Kier molecular flexibility index (Phi) is 5.37. The number of halogens is 2. The van der Waals surface area contributed by atoms with Crippen LogP contribution in [-0.4, -0.2) is 24.0 Å². The zero-order chi connectivity index (χ0) is 11.5. The first-order valence-corrected chi connectivity index (χ1v) is 5.88. The minimum Gasteiger partial charge on any atom is -0.327 e. The van der Waals surface area contributed by atoms with Crippen LogP contribution in [0.2, 0.25) is 0 Å². The summed E-state index contributed by atoms with van der Waals surface area (Å²) in [6.07, 6.45) is 1.01. The molecule has 0 radical (unpaired) electrons. The first kappa shape index (κ1) is 14.4. The smallest absolute Gasteiger partial charge is 0.127 e. The van der Waals surface area contributed by atoms with E-state index in [0.29, 0.717) is 18.5 Å². The van der Waals surface area contributed by atoms with Crippen molar-refractivity contribution in [3.63, 3.8) is 0 Å². The van der Waals surface area contributed by atoms with E-state index in [-0.39, 0.29) is 18.2 Å². The molecule has 1 fully saturated rings. The number of nitrogens with zero attached hydrogens (tertiary/aromatic N) is 1. The highest BCUT2D eigenvalue weighted by Crippen LogP contribution is 2.18. The lowest BCUT2D eigenvalue weighted by Gasteiger charge is -2.35. The van der Waals surface area contributed by atoms with E-state index in [1.165, 1.54) is 6.07 Å². The summed E-state index contributed by atoms with van der Waals surface area (Å²) in [6.45, 7) is 4.80. The molecule has 1 aliphatic rings. The molecule has 96 valence electrons. The predicted octanol–water partition coefficient (Wildman–Crippen LogP) is 2.42.